The van der Waals surface area contributed by atoms with Crippen molar-refractivity contribution < 1.29 is 14.6 Å². The molecule has 1 aromatic carbocycles. The first-order chi connectivity index (χ1) is 9.92. The molecule has 0 saturated carbocycles. The first-order valence-electron chi connectivity index (χ1n) is 6.86. The number of thiazole rings is 1. The van der Waals surface area contributed by atoms with Crippen molar-refractivity contribution in [3.63, 3.8) is 0 Å². The van der Waals surface area contributed by atoms with Gasteiger partial charge in [0.25, 0.3) is 0 Å². The topological polar surface area (TPSA) is 51.6 Å². The van der Waals surface area contributed by atoms with E-state index in [2.05, 4.69) is 4.98 Å². The molecule has 2 aromatic rings. The Bertz CT molecular complexity index is 629. The highest BCUT2D eigenvalue weighted by molar-refractivity contribution is 7.15. The van der Waals surface area contributed by atoms with Crippen molar-refractivity contribution in [3.8, 4) is 22.1 Å². The van der Waals surface area contributed by atoms with Gasteiger partial charge in [0.05, 0.1) is 36.0 Å². The maximum atomic E-state index is 10.3. The summed E-state index contributed by atoms with van der Waals surface area (Å²) in [6.07, 6.45) is 0.780. The zero-order valence-corrected chi connectivity index (χ0v) is 13.9. The number of aromatic nitrogens is 1. The summed E-state index contributed by atoms with van der Waals surface area (Å²) in [5.41, 5.74) is 0.910. The number of aliphatic hydroxyl groups is 1. The molecule has 0 aliphatic carbocycles. The Morgan fingerprint density at radius 2 is 1.95 bits per heavy atom. The molecule has 1 aromatic heterocycles. The standard InChI is InChI=1S/C16H21NO3S/c1-6-11-14(16(2,3)18)21-15(17-11)10-8-7-9-12(19-4)13(10)20-5/h7-9,18H,6H2,1-5H3. The number of methoxy groups -OCH3 is 2. The average Bonchev–Trinajstić information content (AvgIpc) is 2.90. The maximum Gasteiger partial charge on any atom is 0.170 e. The molecule has 1 N–H and O–H groups in total. The SMILES string of the molecule is CCc1nc(-c2cccc(OC)c2OC)sc1C(C)(C)O. The van der Waals surface area contributed by atoms with E-state index in [1.165, 1.54) is 11.3 Å². The van der Waals surface area contributed by atoms with Crippen molar-refractivity contribution in [1.82, 2.24) is 4.98 Å². The third kappa shape index (κ3) is 3.04. The summed E-state index contributed by atoms with van der Waals surface area (Å²) in [6.45, 7) is 5.61. The van der Waals surface area contributed by atoms with E-state index in [0.717, 1.165) is 27.6 Å². The molecule has 0 fully saturated rings. The van der Waals surface area contributed by atoms with Crippen LogP contribution in [0.2, 0.25) is 0 Å². The summed E-state index contributed by atoms with van der Waals surface area (Å²) in [4.78, 5) is 5.57. The van der Waals surface area contributed by atoms with E-state index in [1.54, 1.807) is 28.1 Å². The predicted octanol–water partition coefficient (Wildman–Crippen LogP) is 3.62. The van der Waals surface area contributed by atoms with Gasteiger partial charge in [-0.3, -0.25) is 0 Å². The van der Waals surface area contributed by atoms with Crippen molar-refractivity contribution in [1.29, 1.82) is 0 Å². The Balaban J connectivity index is 2.60. The summed E-state index contributed by atoms with van der Waals surface area (Å²) >= 11 is 1.50. The second-order valence-electron chi connectivity index (χ2n) is 5.25. The van der Waals surface area contributed by atoms with Crippen molar-refractivity contribution in [2.24, 2.45) is 0 Å². The van der Waals surface area contributed by atoms with Gasteiger partial charge in [0, 0.05) is 0 Å². The lowest BCUT2D eigenvalue weighted by atomic mass is 10.1. The molecule has 5 heteroatoms. The second kappa shape index (κ2) is 6.03. The minimum Gasteiger partial charge on any atom is -0.493 e. The minimum atomic E-state index is -0.895. The van der Waals surface area contributed by atoms with Crippen LogP contribution < -0.4 is 9.47 Å². The molecule has 4 nitrogen and oxygen atoms in total. The highest BCUT2D eigenvalue weighted by atomic mass is 32.1. The van der Waals surface area contributed by atoms with Gasteiger partial charge < -0.3 is 14.6 Å². The quantitative estimate of drug-likeness (QED) is 0.916. The number of ether oxygens (including phenoxy) is 2. The van der Waals surface area contributed by atoms with Crippen LogP contribution in [0.1, 0.15) is 31.3 Å². The first-order valence-corrected chi connectivity index (χ1v) is 7.67. The number of benzene rings is 1. The molecule has 0 amide bonds. The number of aryl methyl sites for hydroxylation is 1. The second-order valence-corrected chi connectivity index (χ2v) is 6.25. The Hall–Kier alpha value is -1.59. The summed E-state index contributed by atoms with van der Waals surface area (Å²) in [5.74, 6) is 1.34. The van der Waals surface area contributed by atoms with Crippen molar-refractivity contribution in [2.75, 3.05) is 14.2 Å². The van der Waals surface area contributed by atoms with Gasteiger partial charge in [0.1, 0.15) is 5.01 Å². The third-order valence-electron chi connectivity index (χ3n) is 3.22. The zero-order chi connectivity index (χ0) is 15.6. The number of hydrogen-bond acceptors (Lipinski definition) is 5. The van der Waals surface area contributed by atoms with Crippen LogP contribution in [0.4, 0.5) is 0 Å². The van der Waals surface area contributed by atoms with Gasteiger partial charge in [-0.1, -0.05) is 13.0 Å². The lowest BCUT2D eigenvalue weighted by Crippen LogP contribution is -2.15. The fraction of sp³-hybridized carbons (Fsp3) is 0.438. The highest BCUT2D eigenvalue weighted by Crippen LogP contribution is 2.42. The molecule has 0 aliphatic rings. The van der Waals surface area contributed by atoms with Crippen LogP contribution in [-0.2, 0) is 12.0 Å². The number of hydrogen-bond donors (Lipinski definition) is 1. The van der Waals surface area contributed by atoms with Gasteiger partial charge in [0.15, 0.2) is 11.5 Å². The van der Waals surface area contributed by atoms with Crippen molar-refractivity contribution in [2.45, 2.75) is 32.8 Å². The average molecular weight is 307 g/mol. The van der Waals surface area contributed by atoms with Gasteiger partial charge >= 0.3 is 0 Å². The Kier molecular flexibility index (Phi) is 4.54. The van der Waals surface area contributed by atoms with Gasteiger partial charge in [0.2, 0.25) is 0 Å². The molecule has 114 valence electrons. The summed E-state index contributed by atoms with van der Waals surface area (Å²) in [5, 5.41) is 11.1. The van der Waals surface area contributed by atoms with Gasteiger partial charge in [-0.05, 0) is 32.4 Å². The van der Waals surface area contributed by atoms with Crippen LogP contribution in [0, 0.1) is 0 Å². The summed E-state index contributed by atoms with van der Waals surface area (Å²) in [7, 11) is 3.23. The molecule has 0 unspecified atom stereocenters. The lowest BCUT2D eigenvalue weighted by molar-refractivity contribution is 0.0814. The van der Waals surface area contributed by atoms with E-state index in [4.69, 9.17) is 9.47 Å². The predicted molar refractivity (Wildman–Crippen MR) is 85.3 cm³/mol. The van der Waals surface area contributed by atoms with E-state index < -0.39 is 5.60 Å². The maximum absolute atomic E-state index is 10.3. The first kappa shape index (κ1) is 15.8. The van der Waals surface area contributed by atoms with E-state index >= 15 is 0 Å². The molecule has 1 heterocycles. The Labute approximate surface area is 129 Å². The van der Waals surface area contributed by atoms with Crippen LogP contribution in [0.3, 0.4) is 0 Å². The molecule has 0 saturated heterocycles. The van der Waals surface area contributed by atoms with Crippen LogP contribution in [0.25, 0.3) is 10.6 Å². The van der Waals surface area contributed by atoms with Gasteiger partial charge in [-0.25, -0.2) is 4.98 Å². The molecule has 0 radical (unpaired) electrons. The van der Waals surface area contributed by atoms with Crippen LogP contribution in [0.15, 0.2) is 18.2 Å². The number of nitrogens with zero attached hydrogens (tertiary/aromatic N) is 1. The molecular weight excluding hydrogens is 286 g/mol. The molecule has 21 heavy (non-hydrogen) atoms. The monoisotopic (exact) mass is 307 g/mol. The van der Waals surface area contributed by atoms with Crippen LogP contribution >= 0.6 is 11.3 Å². The molecule has 0 bridgehead atoms. The molecule has 0 aliphatic heterocycles. The zero-order valence-electron chi connectivity index (χ0n) is 13.1. The Morgan fingerprint density at radius 3 is 2.43 bits per heavy atom. The number of rotatable bonds is 5. The third-order valence-corrected chi connectivity index (χ3v) is 4.67. The fourth-order valence-corrected chi connectivity index (χ4v) is 3.42. The largest absolute Gasteiger partial charge is 0.493 e. The molecule has 0 atom stereocenters. The van der Waals surface area contributed by atoms with E-state index in [9.17, 15) is 5.11 Å². The van der Waals surface area contributed by atoms with Crippen LogP contribution in [0.5, 0.6) is 11.5 Å². The lowest BCUT2D eigenvalue weighted by Gasteiger charge is -2.15. The summed E-state index contributed by atoms with van der Waals surface area (Å²) < 4.78 is 10.8. The summed E-state index contributed by atoms with van der Waals surface area (Å²) in [6, 6.07) is 5.72. The highest BCUT2D eigenvalue weighted by Gasteiger charge is 2.25. The smallest absolute Gasteiger partial charge is 0.170 e. The molecular formula is C16H21NO3S. The Morgan fingerprint density at radius 1 is 1.24 bits per heavy atom. The van der Waals surface area contributed by atoms with Crippen LogP contribution in [-0.4, -0.2) is 24.3 Å². The normalized spacial score (nSPS) is 11.5. The van der Waals surface area contributed by atoms with Gasteiger partial charge in [-0.15, -0.1) is 11.3 Å². The van der Waals surface area contributed by atoms with E-state index in [0.29, 0.717) is 11.5 Å². The van der Waals surface area contributed by atoms with E-state index in [1.807, 2.05) is 25.1 Å². The molecule has 0 spiro atoms. The fourth-order valence-electron chi connectivity index (χ4n) is 2.24. The minimum absolute atomic E-state index is 0.665. The number of para-hydroxylation sites is 1. The van der Waals surface area contributed by atoms with Crippen molar-refractivity contribution >= 4 is 11.3 Å². The molecule has 2 rings (SSSR count). The van der Waals surface area contributed by atoms with Crippen molar-refractivity contribution in [3.05, 3.63) is 28.8 Å². The van der Waals surface area contributed by atoms with Gasteiger partial charge in [-0.2, -0.15) is 0 Å². The van der Waals surface area contributed by atoms with E-state index in [-0.39, 0.29) is 0 Å².